The Morgan fingerprint density at radius 2 is 1.86 bits per heavy atom. The van der Waals surface area contributed by atoms with Crippen LogP contribution >= 0.6 is 15.9 Å². The van der Waals surface area contributed by atoms with E-state index in [1.165, 1.54) is 29.7 Å². The van der Waals surface area contributed by atoms with Crippen LogP contribution in [0.15, 0.2) is 53.0 Å². The van der Waals surface area contributed by atoms with Crippen molar-refractivity contribution in [3.8, 4) is 0 Å². The third-order valence-corrected chi connectivity index (χ3v) is 4.49. The van der Waals surface area contributed by atoms with Crippen LogP contribution in [-0.2, 0) is 13.1 Å². The highest BCUT2D eigenvalue weighted by atomic mass is 79.9. The van der Waals surface area contributed by atoms with E-state index in [1.807, 2.05) is 0 Å². The number of nitrogens with zero attached hydrogens (tertiary/aromatic N) is 1. The molecule has 2 nitrogen and oxygen atoms in total. The van der Waals surface area contributed by atoms with Crippen LogP contribution in [0.2, 0.25) is 0 Å². The molecule has 1 aliphatic rings. The Balaban J connectivity index is 1.66. The van der Waals surface area contributed by atoms with E-state index in [2.05, 4.69) is 81.7 Å². The van der Waals surface area contributed by atoms with Crippen LogP contribution in [0.3, 0.4) is 0 Å². The summed E-state index contributed by atoms with van der Waals surface area (Å²) in [7, 11) is 2.13. The molecule has 0 heterocycles. The van der Waals surface area contributed by atoms with Gasteiger partial charge in [-0.05, 0) is 52.0 Å². The molecule has 1 saturated carbocycles. The van der Waals surface area contributed by atoms with Gasteiger partial charge < -0.3 is 10.2 Å². The zero-order valence-electron chi connectivity index (χ0n) is 12.3. The van der Waals surface area contributed by atoms with Gasteiger partial charge in [0.1, 0.15) is 0 Å². The Morgan fingerprint density at radius 1 is 1.10 bits per heavy atom. The quantitative estimate of drug-likeness (QED) is 0.838. The lowest BCUT2D eigenvalue weighted by atomic mass is 10.1. The fourth-order valence-electron chi connectivity index (χ4n) is 2.46. The van der Waals surface area contributed by atoms with E-state index < -0.39 is 0 Å². The second kappa shape index (κ2) is 6.63. The van der Waals surface area contributed by atoms with Crippen LogP contribution in [0.5, 0.6) is 0 Å². The monoisotopic (exact) mass is 344 g/mol. The molecule has 0 amide bonds. The minimum absolute atomic E-state index is 0.754. The molecule has 0 bridgehead atoms. The van der Waals surface area contributed by atoms with Crippen LogP contribution in [-0.4, -0.2) is 13.1 Å². The number of rotatable bonds is 6. The van der Waals surface area contributed by atoms with Crippen LogP contribution in [0, 0.1) is 0 Å². The zero-order chi connectivity index (χ0) is 14.7. The Kier molecular flexibility index (Phi) is 4.61. The first-order chi connectivity index (χ1) is 10.2. The number of hydrogen-bond donors (Lipinski definition) is 1. The summed E-state index contributed by atoms with van der Waals surface area (Å²) >= 11 is 3.71. The molecule has 0 aromatic heterocycles. The molecule has 0 radical (unpaired) electrons. The zero-order valence-corrected chi connectivity index (χ0v) is 13.9. The Bertz CT molecular complexity index is 593. The lowest BCUT2D eigenvalue weighted by molar-refractivity contribution is 0.687. The lowest BCUT2D eigenvalue weighted by Crippen LogP contribution is -2.18. The summed E-state index contributed by atoms with van der Waals surface area (Å²) in [6.07, 6.45) is 2.66. The number of nitrogens with one attached hydrogen (secondary N) is 1. The van der Waals surface area contributed by atoms with Gasteiger partial charge in [0.2, 0.25) is 0 Å². The molecule has 1 aliphatic carbocycles. The molecule has 21 heavy (non-hydrogen) atoms. The second-order valence-corrected chi connectivity index (χ2v) is 6.64. The topological polar surface area (TPSA) is 15.3 Å². The minimum atomic E-state index is 0.754. The van der Waals surface area contributed by atoms with E-state index in [4.69, 9.17) is 0 Å². The van der Waals surface area contributed by atoms with Crippen molar-refractivity contribution in [2.45, 2.75) is 32.0 Å². The molecule has 0 spiro atoms. The fourth-order valence-corrected chi connectivity index (χ4v) is 3.19. The summed E-state index contributed by atoms with van der Waals surface area (Å²) in [6, 6.07) is 18.0. The van der Waals surface area contributed by atoms with E-state index in [1.54, 1.807) is 0 Å². The van der Waals surface area contributed by atoms with Crippen molar-refractivity contribution in [2.75, 3.05) is 11.9 Å². The number of benzene rings is 2. The second-order valence-electron chi connectivity index (χ2n) is 5.78. The fraction of sp³-hybridized carbons (Fsp3) is 0.333. The molecule has 3 rings (SSSR count). The molecule has 1 fully saturated rings. The van der Waals surface area contributed by atoms with Gasteiger partial charge in [-0.1, -0.05) is 36.4 Å². The van der Waals surface area contributed by atoms with Gasteiger partial charge in [0, 0.05) is 30.7 Å². The SMILES string of the molecule is CN(Cc1ccccc1)c1ccc(CNC2CC2)cc1Br. The summed E-state index contributed by atoms with van der Waals surface area (Å²) in [4.78, 5) is 2.28. The van der Waals surface area contributed by atoms with Gasteiger partial charge in [-0.2, -0.15) is 0 Å². The van der Waals surface area contributed by atoms with E-state index in [9.17, 15) is 0 Å². The van der Waals surface area contributed by atoms with E-state index in [0.717, 1.165) is 23.6 Å². The predicted octanol–water partition coefficient (Wildman–Crippen LogP) is 4.34. The first-order valence-corrected chi connectivity index (χ1v) is 8.28. The highest BCUT2D eigenvalue weighted by Crippen LogP contribution is 2.28. The lowest BCUT2D eigenvalue weighted by Gasteiger charge is -2.21. The van der Waals surface area contributed by atoms with Crippen molar-refractivity contribution in [3.05, 3.63) is 64.1 Å². The van der Waals surface area contributed by atoms with Crippen molar-refractivity contribution in [1.29, 1.82) is 0 Å². The maximum absolute atomic E-state index is 3.71. The maximum atomic E-state index is 3.71. The molecule has 0 aliphatic heterocycles. The van der Waals surface area contributed by atoms with Gasteiger partial charge in [0.15, 0.2) is 0 Å². The van der Waals surface area contributed by atoms with Crippen LogP contribution in [0.25, 0.3) is 0 Å². The first-order valence-electron chi connectivity index (χ1n) is 7.49. The summed E-state index contributed by atoms with van der Waals surface area (Å²) in [5.74, 6) is 0. The van der Waals surface area contributed by atoms with Crippen LogP contribution in [0.4, 0.5) is 5.69 Å². The van der Waals surface area contributed by atoms with Gasteiger partial charge in [-0.15, -0.1) is 0 Å². The largest absolute Gasteiger partial charge is 0.369 e. The van der Waals surface area contributed by atoms with Gasteiger partial charge >= 0.3 is 0 Å². The Labute approximate surface area is 135 Å². The van der Waals surface area contributed by atoms with Crippen molar-refractivity contribution in [1.82, 2.24) is 5.32 Å². The van der Waals surface area contributed by atoms with E-state index in [-0.39, 0.29) is 0 Å². The number of halogens is 1. The Morgan fingerprint density at radius 3 is 2.52 bits per heavy atom. The van der Waals surface area contributed by atoms with Crippen molar-refractivity contribution in [2.24, 2.45) is 0 Å². The molecule has 2 aromatic carbocycles. The molecular formula is C18H21BrN2. The standard InChI is InChI=1S/C18H21BrN2/c1-21(13-14-5-3-2-4-6-14)18-10-7-15(11-17(18)19)12-20-16-8-9-16/h2-7,10-11,16,20H,8-9,12-13H2,1H3. The molecular weight excluding hydrogens is 324 g/mol. The van der Waals surface area contributed by atoms with Gasteiger partial charge in [0.05, 0.1) is 5.69 Å². The normalized spacial score (nSPS) is 14.2. The number of anilines is 1. The molecule has 0 unspecified atom stereocenters. The smallest absolute Gasteiger partial charge is 0.0511 e. The summed E-state index contributed by atoms with van der Waals surface area (Å²) in [6.45, 7) is 1.88. The average molecular weight is 345 g/mol. The van der Waals surface area contributed by atoms with Gasteiger partial charge in [0.25, 0.3) is 0 Å². The molecule has 3 heteroatoms. The van der Waals surface area contributed by atoms with Gasteiger partial charge in [-0.3, -0.25) is 0 Å². The summed E-state index contributed by atoms with van der Waals surface area (Å²) in [5, 5.41) is 3.55. The van der Waals surface area contributed by atoms with Crippen molar-refractivity contribution < 1.29 is 0 Å². The van der Waals surface area contributed by atoms with E-state index >= 15 is 0 Å². The maximum Gasteiger partial charge on any atom is 0.0511 e. The number of hydrogen-bond acceptors (Lipinski definition) is 2. The molecule has 0 saturated heterocycles. The third-order valence-electron chi connectivity index (χ3n) is 3.86. The van der Waals surface area contributed by atoms with Crippen molar-refractivity contribution in [3.63, 3.8) is 0 Å². The highest BCUT2D eigenvalue weighted by molar-refractivity contribution is 9.10. The van der Waals surface area contributed by atoms with E-state index in [0.29, 0.717) is 0 Å². The van der Waals surface area contributed by atoms with Crippen molar-refractivity contribution >= 4 is 21.6 Å². The molecule has 2 aromatic rings. The van der Waals surface area contributed by atoms with Crippen LogP contribution < -0.4 is 10.2 Å². The molecule has 1 N–H and O–H groups in total. The average Bonchev–Trinajstić information content (AvgIpc) is 3.30. The summed E-state index contributed by atoms with van der Waals surface area (Å²) < 4.78 is 1.16. The van der Waals surface area contributed by atoms with Crippen LogP contribution in [0.1, 0.15) is 24.0 Å². The predicted molar refractivity (Wildman–Crippen MR) is 92.6 cm³/mol. The minimum Gasteiger partial charge on any atom is -0.369 e. The third kappa shape index (κ3) is 4.08. The van der Waals surface area contributed by atoms with Gasteiger partial charge in [-0.25, -0.2) is 0 Å². The Hall–Kier alpha value is -1.32. The highest BCUT2D eigenvalue weighted by Gasteiger charge is 2.20. The first kappa shape index (κ1) is 14.6. The molecule has 110 valence electrons. The summed E-state index contributed by atoms with van der Waals surface area (Å²) in [5.41, 5.74) is 3.89. The molecule has 0 atom stereocenters.